The summed E-state index contributed by atoms with van der Waals surface area (Å²) < 4.78 is 18.1. The average molecular weight is 1060 g/mol. The molecule has 5 heterocycles. The topological polar surface area (TPSA) is 34.2 Å². The summed E-state index contributed by atoms with van der Waals surface area (Å²) in [5.74, 6) is 3.43. The molecule has 0 spiro atoms. The summed E-state index contributed by atoms with van der Waals surface area (Å²) in [5.41, 5.74) is 39.4. The number of rotatable bonds is 0. The van der Waals surface area contributed by atoms with E-state index in [9.17, 15) is 0 Å². The molecule has 0 aliphatic carbocycles. The predicted octanol–water partition coefficient (Wildman–Crippen LogP) is 18.6. The van der Waals surface area contributed by atoms with Crippen LogP contribution in [0.15, 0.2) is 0 Å². The Kier molecular flexibility index (Phi) is 17.2. The molecular weight excluding hydrogens is 953 g/mol. The molecule has 5 nitrogen and oxygen atoms in total. The molecule has 0 amide bonds. The van der Waals surface area contributed by atoms with Crippen LogP contribution in [0, 0.1) is 138 Å². The molecule has 78 heavy (non-hydrogen) atoms. The van der Waals surface area contributed by atoms with Gasteiger partial charge in [0.25, 0.3) is 0 Å². The Morgan fingerprint density at radius 1 is 0.308 bits per heavy atom. The van der Waals surface area contributed by atoms with E-state index in [2.05, 4.69) is 232 Å². The van der Waals surface area contributed by atoms with Gasteiger partial charge in [-0.15, -0.1) is 0 Å². The highest BCUT2D eigenvalue weighted by atomic mass is 16.5. The largest absolute Gasteiger partial charge is 0.492 e. The van der Waals surface area contributed by atoms with Crippen LogP contribution in [-0.2, 0) is 31.1 Å². The Bertz CT molecular complexity index is 3060. The summed E-state index contributed by atoms with van der Waals surface area (Å²) in [6, 6.07) is 0. The van der Waals surface area contributed by atoms with Crippen molar-refractivity contribution in [3.63, 3.8) is 0 Å². The van der Waals surface area contributed by atoms with Crippen LogP contribution in [0.4, 0.5) is 11.4 Å². The first-order valence-corrected chi connectivity index (χ1v) is 29.5. The molecule has 5 aromatic carbocycles. The second-order valence-electron chi connectivity index (χ2n) is 28.1. The van der Waals surface area contributed by atoms with Gasteiger partial charge in [0.15, 0.2) is 0 Å². The van der Waals surface area contributed by atoms with Crippen molar-refractivity contribution in [1.82, 2.24) is 0 Å². The van der Waals surface area contributed by atoms with Gasteiger partial charge in [-0.2, -0.15) is 0 Å². The zero-order chi connectivity index (χ0) is 59.3. The summed E-state index contributed by atoms with van der Waals surface area (Å²) in [4.78, 5) is 4.91. The maximum atomic E-state index is 6.17. The van der Waals surface area contributed by atoms with E-state index in [1.54, 1.807) is 11.1 Å². The fourth-order valence-corrected chi connectivity index (χ4v) is 13.4. The number of hydrogen-bond acceptors (Lipinski definition) is 5. The van der Waals surface area contributed by atoms with E-state index in [0.717, 1.165) is 43.1 Å². The van der Waals surface area contributed by atoms with Crippen LogP contribution in [0.5, 0.6) is 17.2 Å². The molecule has 0 unspecified atom stereocenters. The van der Waals surface area contributed by atoms with Gasteiger partial charge < -0.3 is 24.0 Å². The lowest BCUT2D eigenvalue weighted by molar-refractivity contribution is 0.0833. The Morgan fingerprint density at radius 3 is 1.03 bits per heavy atom. The fraction of sp³-hybridized carbons (Fsp3) is 0.589. The summed E-state index contributed by atoms with van der Waals surface area (Å²) in [6.45, 7) is 67.8. The monoisotopic (exact) mass is 1060 g/mol. The quantitative estimate of drug-likeness (QED) is 0.154. The molecule has 5 aliphatic rings. The minimum absolute atomic E-state index is 0.00804. The van der Waals surface area contributed by atoms with Gasteiger partial charge in [0, 0.05) is 59.5 Å². The number of hydrogen-bond donors (Lipinski definition) is 0. The van der Waals surface area contributed by atoms with E-state index in [1.807, 2.05) is 0 Å². The van der Waals surface area contributed by atoms with Crippen molar-refractivity contribution < 1.29 is 14.2 Å². The number of fused-ring (bicyclic) bond motifs is 5. The Labute approximate surface area is 477 Å². The Balaban J connectivity index is 0.000000158. The molecule has 5 heteroatoms. The third kappa shape index (κ3) is 11.0. The van der Waals surface area contributed by atoms with Gasteiger partial charge in [0.2, 0.25) is 0 Å². The lowest BCUT2D eigenvalue weighted by Gasteiger charge is -2.35. The first-order valence-electron chi connectivity index (χ1n) is 29.5. The molecule has 0 radical (unpaired) electrons. The van der Waals surface area contributed by atoms with Crippen molar-refractivity contribution in [2.24, 2.45) is 0 Å². The standard InChI is InChI=1S/2C15H23N.C15H22O.2C14H20O/c2*1-9-10(2)12(4)14-13(11(9)3)8-15(5,6)16(14)7;1-9-10(2)12(4)14-13(11(9)3)7-8-15(5,6)16-14;1-8-9(2)11(4)13-12(10(8)3)14(5,6)7-15-13;1-8-9(2)11(4)13-12(10(8)3)7-14(5,6)15-13/h2*8H2,1-7H3;7-8H2,1-6H3;2*7H2,1-6H3. The van der Waals surface area contributed by atoms with Gasteiger partial charge in [-0.3, -0.25) is 0 Å². The highest BCUT2D eigenvalue weighted by Gasteiger charge is 2.39. The SMILES string of the molecule is Cc1c(C)c(C)c2c(c1C)CC(C)(C)N2C.Cc1c(C)c(C)c2c(c1C)CC(C)(C)N2C.Cc1c(C)c(C)c2c(c1C)CC(C)(C)O2.Cc1c(C)c(C)c2c(c1C)CCC(C)(C)O2.Cc1c(C)c(C)c2c(c1C)OCC2(C)C. The minimum atomic E-state index is -0.0297. The molecule has 10 rings (SSSR count). The normalized spacial score (nSPS) is 17.7. The van der Waals surface area contributed by atoms with Crippen molar-refractivity contribution in [3.8, 4) is 17.2 Å². The second kappa shape index (κ2) is 21.5. The third-order valence-electron chi connectivity index (χ3n) is 21.0. The number of ether oxygens (including phenoxy) is 3. The van der Waals surface area contributed by atoms with Crippen LogP contribution in [-0.4, -0.2) is 43.0 Å². The lowest BCUT2D eigenvalue weighted by Crippen LogP contribution is -2.38. The van der Waals surface area contributed by atoms with Gasteiger partial charge in [-0.05, 0) is 348 Å². The average Bonchev–Trinajstić information content (AvgIpc) is 4.12. The lowest BCUT2D eigenvalue weighted by atomic mass is 9.80. The molecule has 0 aromatic heterocycles. The van der Waals surface area contributed by atoms with Gasteiger partial charge in [0.05, 0.1) is 6.61 Å². The molecule has 0 saturated carbocycles. The summed E-state index contributed by atoms with van der Waals surface area (Å²) in [6.07, 6.45) is 5.65. The zero-order valence-corrected chi connectivity index (χ0v) is 55.9. The highest BCUT2D eigenvalue weighted by molar-refractivity contribution is 5.72. The number of benzene rings is 5. The molecule has 5 aliphatic heterocycles. The van der Waals surface area contributed by atoms with Gasteiger partial charge in [-0.25, -0.2) is 0 Å². The van der Waals surface area contributed by atoms with Gasteiger partial charge in [-0.1, -0.05) is 13.8 Å². The number of nitrogens with zero attached hydrogens (tertiary/aromatic N) is 2. The van der Waals surface area contributed by atoms with Crippen LogP contribution in [0.3, 0.4) is 0 Å². The van der Waals surface area contributed by atoms with E-state index in [4.69, 9.17) is 14.2 Å². The zero-order valence-electron chi connectivity index (χ0n) is 55.9. The van der Waals surface area contributed by atoms with E-state index in [-0.39, 0.29) is 27.7 Å². The first kappa shape index (κ1) is 62.3. The molecule has 0 fully saturated rings. The van der Waals surface area contributed by atoms with Crippen molar-refractivity contribution in [2.45, 2.75) is 268 Å². The molecule has 0 bridgehead atoms. The summed E-state index contributed by atoms with van der Waals surface area (Å²) >= 11 is 0. The first-order chi connectivity index (χ1) is 35.6. The van der Waals surface area contributed by atoms with Crippen LogP contribution in [0.1, 0.15) is 215 Å². The van der Waals surface area contributed by atoms with Crippen LogP contribution in [0.2, 0.25) is 0 Å². The molecular formula is C73H108N2O3. The van der Waals surface area contributed by atoms with Gasteiger partial charge >= 0.3 is 0 Å². The Morgan fingerprint density at radius 2 is 0.615 bits per heavy atom. The van der Waals surface area contributed by atoms with Crippen molar-refractivity contribution >= 4 is 11.4 Å². The van der Waals surface area contributed by atoms with Crippen molar-refractivity contribution in [3.05, 3.63) is 139 Å². The summed E-state index contributed by atoms with van der Waals surface area (Å²) in [7, 11) is 4.46. The molecule has 0 N–H and O–H groups in total. The maximum absolute atomic E-state index is 6.17. The van der Waals surface area contributed by atoms with E-state index in [1.165, 1.54) is 152 Å². The third-order valence-corrected chi connectivity index (χ3v) is 21.0. The minimum Gasteiger partial charge on any atom is -0.492 e. The van der Waals surface area contributed by atoms with Crippen molar-refractivity contribution in [2.75, 3.05) is 30.5 Å². The van der Waals surface area contributed by atoms with Crippen LogP contribution >= 0.6 is 0 Å². The Hall–Kier alpha value is -4.90. The molecule has 0 saturated heterocycles. The van der Waals surface area contributed by atoms with Crippen LogP contribution in [0.25, 0.3) is 0 Å². The predicted molar refractivity (Wildman–Crippen MR) is 339 cm³/mol. The fourth-order valence-electron chi connectivity index (χ4n) is 13.4. The maximum Gasteiger partial charge on any atom is 0.126 e. The van der Waals surface area contributed by atoms with E-state index < -0.39 is 0 Å². The number of anilines is 2. The van der Waals surface area contributed by atoms with Gasteiger partial charge in [0.1, 0.15) is 28.5 Å². The number of likely N-dealkylation sites (N-methyl/N-ethyl adjacent to an activating group) is 2. The van der Waals surface area contributed by atoms with E-state index in [0.29, 0.717) is 0 Å². The second-order valence-corrected chi connectivity index (χ2v) is 28.1. The van der Waals surface area contributed by atoms with E-state index >= 15 is 0 Å². The smallest absolute Gasteiger partial charge is 0.126 e. The molecule has 0 atom stereocenters. The highest BCUT2D eigenvalue weighted by Crippen LogP contribution is 2.48. The van der Waals surface area contributed by atoms with Crippen LogP contribution < -0.4 is 24.0 Å². The molecule has 5 aromatic rings. The summed E-state index contributed by atoms with van der Waals surface area (Å²) in [5, 5.41) is 0. The molecule has 428 valence electrons. The van der Waals surface area contributed by atoms with Crippen molar-refractivity contribution in [1.29, 1.82) is 0 Å².